The molecule has 7 heteroatoms. The van der Waals surface area contributed by atoms with E-state index in [0.29, 0.717) is 12.3 Å². The van der Waals surface area contributed by atoms with Crippen molar-refractivity contribution in [1.29, 1.82) is 0 Å². The molecule has 0 aliphatic rings. The fourth-order valence-corrected chi connectivity index (χ4v) is 3.56. The van der Waals surface area contributed by atoms with Crippen LogP contribution in [0.4, 0.5) is 0 Å². The highest BCUT2D eigenvalue weighted by Crippen LogP contribution is 2.30. The molecule has 0 fully saturated rings. The molecule has 2 aromatic heterocycles. The van der Waals surface area contributed by atoms with Gasteiger partial charge in [-0.1, -0.05) is 0 Å². The minimum absolute atomic E-state index is 0.193. The second-order valence-electron chi connectivity index (χ2n) is 3.61. The Kier molecular flexibility index (Phi) is 5.06. The van der Waals surface area contributed by atoms with Crippen LogP contribution in [0.1, 0.15) is 12.6 Å². The highest BCUT2D eigenvalue weighted by Gasteiger charge is 2.12. The van der Waals surface area contributed by atoms with Crippen molar-refractivity contribution in [1.82, 2.24) is 9.97 Å². The fraction of sp³-hybridized carbons (Fsp3) is 0.250. The number of esters is 1. The molecule has 0 bridgehead atoms. The molecule has 2 heterocycles. The van der Waals surface area contributed by atoms with Crippen molar-refractivity contribution in [3.05, 3.63) is 32.3 Å². The molecule has 0 aliphatic carbocycles. The zero-order valence-electron chi connectivity index (χ0n) is 10.0. The van der Waals surface area contributed by atoms with Gasteiger partial charge in [-0.25, -0.2) is 4.98 Å². The van der Waals surface area contributed by atoms with Crippen molar-refractivity contribution in [2.24, 2.45) is 0 Å². The first-order valence-corrected chi connectivity index (χ1v) is 7.98. The zero-order valence-corrected chi connectivity index (χ0v) is 14.0. The van der Waals surface area contributed by atoms with Gasteiger partial charge in [0.15, 0.2) is 0 Å². The normalized spacial score (nSPS) is 10.5. The highest BCUT2D eigenvalue weighted by atomic mass is 79.9. The van der Waals surface area contributed by atoms with Crippen molar-refractivity contribution in [3.8, 4) is 10.7 Å². The molecule has 0 saturated heterocycles. The van der Waals surface area contributed by atoms with E-state index in [1.165, 1.54) is 11.3 Å². The Balaban J connectivity index is 2.18. The average Bonchev–Trinajstić information content (AvgIpc) is 2.77. The Morgan fingerprint density at radius 1 is 1.47 bits per heavy atom. The van der Waals surface area contributed by atoms with Gasteiger partial charge in [-0.15, -0.1) is 11.3 Å². The minimum atomic E-state index is -0.262. The van der Waals surface area contributed by atoms with Crippen LogP contribution in [0.25, 0.3) is 10.7 Å². The third-order valence-corrected chi connectivity index (χ3v) is 4.13. The first-order chi connectivity index (χ1) is 9.10. The van der Waals surface area contributed by atoms with Crippen LogP contribution in [0.3, 0.4) is 0 Å². The van der Waals surface area contributed by atoms with Crippen LogP contribution in [-0.4, -0.2) is 22.5 Å². The van der Waals surface area contributed by atoms with Crippen LogP contribution >= 0.6 is 43.2 Å². The van der Waals surface area contributed by atoms with Gasteiger partial charge in [0.1, 0.15) is 10.7 Å². The van der Waals surface area contributed by atoms with Crippen LogP contribution < -0.4 is 0 Å². The van der Waals surface area contributed by atoms with Gasteiger partial charge in [-0.2, -0.15) is 0 Å². The number of pyridine rings is 1. The van der Waals surface area contributed by atoms with E-state index >= 15 is 0 Å². The van der Waals surface area contributed by atoms with Gasteiger partial charge in [0.2, 0.25) is 0 Å². The summed E-state index contributed by atoms with van der Waals surface area (Å²) in [5, 5.41) is 2.63. The lowest BCUT2D eigenvalue weighted by Gasteiger charge is -2.00. The number of thiazole rings is 1. The molecule has 0 aromatic carbocycles. The molecule has 0 unspecified atom stereocenters. The lowest BCUT2D eigenvalue weighted by molar-refractivity contribution is -0.142. The maximum atomic E-state index is 11.4. The largest absolute Gasteiger partial charge is 0.466 e. The van der Waals surface area contributed by atoms with E-state index < -0.39 is 0 Å². The van der Waals surface area contributed by atoms with Gasteiger partial charge in [0.25, 0.3) is 0 Å². The van der Waals surface area contributed by atoms with E-state index in [0.717, 1.165) is 19.6 Å². The Labute approximate surface area is 131 Å². The topological polar surface area (TPSA) is 52.1 Å². The number of rotatable bonds is 4. The molecule has 0 amide bonds. The Hall–Kier alpha value is -0.790. The minimum Gasteiger partial charge on any atom is -0.466 e. The lowest BCUT2D eigenvalue weighted by Crippen LogP contribution is -2.07. The number of aromatic nitrogens is 2. The second-order valence-corrected chi connectivity index (χ2v) is 6.24. The lowest BCUT2D eigenvalue weighted by atomic mass is 10.3. The van der Waals surface area contributed by atoms with Crippen LogP contribution in [0, 0.1) is 0 Å². The van der Waals surface area contributed by atoms with E-state index in [9.17, 15) is 4.79 Å². The summed E-state index contributed by atoms with van der Waals surface area (Å²) in [5.74, 6) is -0.262. The summed E-state index contributed by atoms with van der Waals surface area (Å²) in [7, 11) is 0. The number of hydrogen-bond donors (Lipinski definition) is 0. The standard InChI is InChI=1S/C12H10Br2N2O2S/c1-2-18-10(17)4-8-6-19-12(16-8)11-9(14)3-7(13)5-15-11/h3,5-6H,2,4H2,1H3. The van der Waals surface area contributed by atoms with E-state index in [1.807, 2.05) is 11.4 Å². The molecule has 4 nitrogen and oxygen atoms in total. The number of carbonyl (C=O) groups excluding carboxylic acids is 1. The SMILES string of the molecule is CCOC(=O)Cc1csc(-c2ncc(Br)cc2Br)n1. The molecule has 0 atom stereocenters. The van der Waals surface area contributed by atoms with E-state index in [2.05, 4.69) is 41.8 Å². The number of ether oxygens (including phenoxy) is 1. The molecular formula is C12H10Br2N2O2S. The fourth-order valence-electron chi connectivity index (χ4n) is 1.43. The second kappa shape index (κ2) is 6.58. The van der Waals surface area contributed by atoms with Crippen LogP contribution in [0.5, 0.6) is 0 Å². The quantitative estimate of drug-likeness (QED) is 0.725. The number of carbonyl (C=O) groups is 1. The maximum absolute atomic E-state index is 11.4. The predicted octanol–water partition coefficient (Wildman–Crippen LogP) is 3.84. The molecule has 0 aliphatic heterocycles. The summed E-state index contributed by atoms with van der Waals surface area (Å²) in [6, 6.07) is 1.91. The van der Waals surface area contributed by atoms with Gasteiger partial charge < -0.3 is 4.74 Å². The van der Waals surface area contributed by atoms with E-state index in [1.54, 1.807) is 13.1 Å². The summed E-state index contributed by atoms with van der Waals surface area (Å²) in [4.78, 5) is 20.1. The van der Waals surface area contributed by atoms with Crippen LogP contribution in [0.15, 0.2) is 26.6 Å². The van der Waals surface area contributed by atoms with Crippen molar-refractivity contribution in [2.75, 3.05) is 6.61 Å². The Bertz CT molecular complexity index is 601. The first-order valence-electron chi connectivity index (χ1n) is 5.51. The number of hydrogen-bond acceptors (Lipinski definition) is 5. The molecule has 100 valence electrons. The average molecular weight is 406 g/mol. The Morgan fingerprint density at radius 2 is 2.26 bits per heavy atom. The number of halogens is 2. The monoisotopic (exact) mass is 404 g/mol. The molecule has 0 saturated carbocycles. The van der Waals surface area contributed by atoms with Crippen LogP contribution in [0.2, 0.25) is 0 Å². The van der Waals surface area contributed by atoms with Crippen molar-refractivity contribution < 1.29 is 9.53 Å². The molecule has 2 rings (SSSR count). The van der Waals surface area contributed by atoms with Crippen molar-refractivity contribution in [3.63, 3.8) is 0 Å². The summed E-state index contributed by atoms with van der Waals surface area (Å²) in [6.45, 7) is 2.17. The van der Waals surface area contributed by atoms with E-state index in [-0.39, 0.29) is 12.4 Å². The van der Waals surface area contributed by atoms with E-state index in [4.69, 9.17) is 4.74 Å². The van der Waals surface area contributed by atoms with Crippen LogP contribution in [-0.2, 0) is 16.0 Å². The zero-order chi connectivity index (χ0) is 13.8. The maximum Gasteiger partial charge on any atom is 0.311 e. The molecule has 0 spiro atoms. The Morgan fingerprint density at radius 3 is 2.95 bits per heavy atom. The van der Waals surface area contributed by atoms with Crippen molar-refractivity contribution in [2.45, 2.75) is 13.3 Å². The third kappa shape index (κ3) is 3.84. The van der Waals surface area contributed by atoms with Gasteiger partial charge in [0.05, 0.1) is 18.7 Å². The van der Waals surface area contributed by atoms with Crippen molar-refractivity contribution >= 4 is 49.2 Å². The molecule has 0 radical (unpaired) electrons. The first kappa shape index (κ1) is 14.6. The van der Waals surface area contributed by atoms with Gasteiger partial charge >= 0.3 is 5.97 Å². The molecule has 2 aromatic rings. The summed E-state index contributed by atoms with van der Waals surface area (Å²) in [5.41, 5.74) is 1.47. The van der Waals surface area contributed by atoms with Gasteiger partial charge in [0, 0.05) is 20.5 Å². The third-order valence-electron chi connectivity index (χ3n) is 2.19. The summed E-state index contributed by atoms with van der Waals surface area (Å²) in [6.07, 6.45) is 1.91. The summed E-state index contributed by atoms with van der Waals surface area (Å²) >= 11 is 8.26. The number of nitrogens with zero attached hydrogens (tertiary/aromatic N) is 2. The van der Waals surface area contributed by atoms with Gasteiger partial charge in [-0.3, -0.25) is 9.78 Å². The molecular weight excluding hydrogens is 396 g/mol. The van der Waals surface area contributed by atoms with Gasteiger partial charge in [-0.05, 0) is 44.8 Å². The highest BCUT2D eigenvalue weighted by molar-refractivity contribution is 9.11. The molecule has 19 heavy (non-hydrogen) atoms. The predicted molar refractivity (Wildman–Crippen MR) is 81.1 cm³/mol. The summed E-state index contributed by atoms with van der Waals surface area (Å²) < 4.78 is 6.65. The smallest absolute Gasteiger partial charge is 0.311 e. The molecule has 0 N–H and O–H groups in total.